The average Bonchev–Trinajstić information content (AvgIpc) is 2.56. The van der Waals surface area contributed by atoms with Crippen molar-refractivity contribution in [3.05, 3.63) is 18.2 Å². The van der Waals surface area contributed by atoms with E-state index >= 15 is 0 Å². The van der Waals surface area contributed by atoms with Gasteiger partial charge >= 0.3 is 6.09 Å². The van der Waals surface area contributed by atoms with Gasteiger partial charge in [-0.15, -0.1) is 0 Å². The number of piperazine rings is 1. The normalized spacial score (nSPS) is 16.3. The summed E-state index contributed by atoms with van der Waals surface area (Å²) in [5.74, 6) is 0.564. The molecule has 1 aliphatic heterocycles. The van der Waals surface area contributed by atoms with Crippen molar-refractivity contribution in [1.29, 1.82) is 0 Å². The lowest BCUT2D eigenvalue weighted by atomic mass is 10.2. The number of amides is 1. The van der Waals surface area contributed by atoms with Gasteiger partial charge in [0.25, 0.3) is 0 Å². The molecule has 0 unspecified atom stereocenters. The third-order valence-corrected chi connectivity index (χ3v) is 4.34. The molecule has 2 N–H and O–H groups in total. The number of likely N-dealkylation sites (N-methyl/N-ethyl adjacent to an activating group) is 1. The van der Waals surface area contributed by atoms with Crippen molar-refractivity contribution >= 4 is 17.5 Å². The summed E-state index contributed by atoms with van der Waals surface area (Å²) in [4.78, 5) is 19.1. The summed E-state index contributed by atoms with van der Waals surface area (Å²) >= 11 is 0. The van der Waals surface area contributed by atoms with Gasteiger partial charge in [0, 0.05) is 51.0 Å². The largest absolute Gasteiger partial charge is 0.494 e. The fourth-order valence-corrected chi connectivity index (χ4v) is 2.86. The van der Waals surface area contributed by atoms with E-state index in [1.165, 1.54) is 0 Å². The molecule has 0 saturated carbocycles. The van der Waals surface area contributed by atoms with Crippen LogP contribution >= 0.6 is 0 Å². The highest BCUT2D eigenvalue weighted by atomic mass is 16.6. The number of nitrogen functional groups attached to an aromatic ring is 1. The quantitative estimate of drug-likeness (QED) is 0.808. The molecule has 7 nitrogen and oxygen atoms in total. The predicted octanol–water partition coefficient (Wildman–Crippen LogP) is 2.27. The number of nitrogens with two attached hydrogens (primary N) is 1. The van der Waals surface area contributed by atoms with Crippen molar-refractivity contribution in [1.82, 2.24) is 9.80 Å². The molecule has 1 heterocycles. The smallest absolute Gasteiger partial charge is 0.414 e. The predicted molar refractivity (Wildman–Crippen MR) is 105 cm³/mol. The Labute approximate surface area is 156 Å². The first-order valence-corrected chi connectivity index (χ1v) is 9.04. The van der Waals surface area contributed by atoms with E-state index in [4.69, 9.17) is 15.2 Å². The summed E-state index contributed by atoms with van der Waals surface area (Å²) < 4.78 is 11.1. The van der Waals surface area contributed by atoms with Gasteiger partial charge in [0.1, 0.15) is 11.4 Å². The lowest BCUT2D eigenvalue weighted by Crippen LogP contribution is -2.48. The van der Waals surface area contributed by atoms with Gasteiger partial charge in [-0.2, -0.15) is 0 Å². The summed E-state index contributed by atoms with van der Waals surface area (Å²) in [6.07, 6.45) is -0.380. The molecule has 0 spiro atoms. The molecule has 0 aliphatic carbocycles. The average molecular weight is 364 g/mol. The third kappa shape index (κ3) is 5.78. The van der Waals surface area contributed by atoms with Crippen molar-refractivity contribution in [3.8, 4) is 5.75 Å². The van der Waals surface area contributed by atoms with Crippen LogP contribution in [0.25, 0.3) is 0 Å². The van der Waals surface area contributed by atoms with Crippen LogP contribution in [0.5, 0.6) is 5.75 Å². The van der Waals surface area contributed by atoms with Crippen molar-refractivity contribution in [2.45, 2.75) is 26.4 Å². The molecular formula is C19H32N4O3. The van der Waals surface area contributed by atoms with Gasteiger partial charge in [-0.05, 0) is 40.0 Å². The molecule has 7 heteroatoms. The van der Waals surface area contributed by atoms with E-state index in [0.29, 0.717) is 23.7 Å². The molecule has 0 radical (unpaired) electrons. The van der Waals surface area contributed by atoms with E-state index < -0.39 is 5.60 Å². The Morgan fingerprint density at radius 2 is 1.88 bits per heavy atom. The van der Waals surface area contributed by atoms with Crippen molar-refractivity contribution in [2.24, 2.45) is 0 Å². The maximum atomic E-state index is 12.8. The lowest BCUT2D eigenvalue weighted by molar-refractivity contribution is 0.0572. The highest BCUT2D eigenvalue weighted by Gasteiger charge is 2.26. The number of carbonyl (C=O) groups is 1. The number of hydrogen-bond donors (Lipinski definition) is 1. The fraction of sp³-hybridized carbons (Fsp3) is 0.632. The minimum atomic E-state index is -0.565. The standard InChI is InChI=1S/C19H32N4O3/c1-19(2,3)26-18(24)23(13-12-22-10-8-21(4)9-11-22)16-7-6-15(20)14-17(16)25-5/h6-7,14H,8-13,20H2,1-5H3. The lowest BCUT2D eigenvalue weighted by Gasteiger charge is -2.34. The number of anilines is 2. The van der Waals surface area contributed by atoms with Gasteiger partial charge in [-0.1, -0.05) is 0 Å². The zero-order valence-corrected chi connectivity index (χ0v) is 16.6. The van der Waals surface area contributed by atoms with Crippen molar-refractivity contribution in [3.63, 3.8) is 0 Å². The fourth-order valence-electron chi connectivity index (χ4n) is 2.86. The number of benzene rings is 1. The van der Waals surface area contributed by atoms with E-state index in [0.717, 1.165) is 32.7 Å². The first kappa shape index (κ1) is 20.3. The van der Waals surface area contributed by atoms with Crippen LogP contribution in [0.1, 0.15) is 20.8 Å². The van der Waals surface area contributed by atoms with Gasteiger partial charge in [-0.25, -0.2) is 4.79 Å². The molecule has 26 heavy (non-hydrogen) atoms. The molecule has 1 aromatic rings. The second-order valence-electron chi connectivity index (χ2n) is 7.71. The molecule has 0 bridgehead atoms. The molecule has 2 rings (SSSR count). The van der Waals surface area contributed by atoms with Crippen LogP contribution < -0.4 is 15.4 Å². The van der Waals surface area contributed by atoms with Crippen LogP contribution in [0.15, 0.2) is 18.2 Å². The van der Waals surface area contributed by atoms with Gasteiger partial charge in [-0.3, -0.25) is 9.80 Å². The van der Waals surface area contributed by atoms with Gasteiger partial charge < -0.3 is 20.1 Å². The number of carbonyl (C=O) groups excluding carboxylic acids is 1. The summed E-state index contributed by atoms with van der Waals surface area (Å²) in [6.45, 7) is 11.0. The molecule has 1 aliphatic rings. The number of methoxy groups -OCH3 is 1. The molecule has 1 amide bonds. The number of nitrogens with zero attached hydrogens (tertiary/aromatic N) is 3. The number of rotatable bonds is 5. The summed E-state index contributed by atoms with van der Waals surface area (Å²) in [6, 6.07) is 5.30. The highest BCUT2D eigenvalue weighted by Crippen LogP contribution is 2.31. The van der Waals surface area contributed by atoms with E-state index in [2.05, 4.69) is 16.8 Å². The van der Waals surface area contributed by atoms with Gasteiger partial charge in [0.05, 0.1) is 12.8 Å². The Hall–Kier alpha value is -1.99. The number of hydrogen-bond acceptors (Lipinski definition) is 6. The molecule has 1 fully saturated rings. The van der Waals surface area contributed by atoms with Crippen LogP contribution in [0, 0.1) is 0 Å². The van der Waals surface area contributed by atoms with Gasteiger partial charge in [0.2, 0.25) is 0 Å². The minimum absolute atomic E-state index is 0.380. The number of ether oxygens (including phenoxy) is 2. The van der Waals surface area contributed by atoms with Crippen LogP contribution in [-0.2, 0) is 4.74 Å². The molecular weight excluding hydrogens is 332 g/mol. The zero-order valence-electron chi connectivity index (χ0n) is 16.6. The zero-order chi connectivity index (χ0) is 19.3. The Balaban J connectivity index is 2.17. The van der Waals surface area contributed by atoms with Crippen molar-refractivity contribution in [2.75, 3.05) is 64.1 Å². The maximum absolute atomic E-state index is 12.8. The summed E-state index contributed by atoms with van der Waals surface area (Å²) in [7, 11) is 3.70. The van der Waals surface area contributed by atoms with Crippen LogP contribution in [0.4, 0.5) is 16.2 Å². The Morgan fingerprint density at radius 1 is 1.23 bits per heavy atom. The van der Waals surface area contributed by atoms with Crippen LogP contribution in [0.3, 0.4) is 0 Å². The molecule has 1 saturated heterocycles. The van der Waals surface area contributed by atoms with Crippen LogP contribution in [0.2, 0.25) is 0 Å². The molecule has 0 atom stereocenters. The van der Waals surface area contributed by atoms with Gasteiger partial charge in [0.15, 0.2) is 0 Å². The van der Waals surface area contributed by atoms with E-state index in [-0.39, 0.29) is 6.09 Å². The second kappa shape index (κ2) is 8.60. The maximum Gasteiger partial charge on any atom is 0.414 e. The second-order valence-corrected chi connectivity index (χ2v) is 7.71. The summed E-state index contributed by atoms with van der Waals surface area (Å²) in [5, 5.41) is 0. The minimum Gasteiger partial charge on any atom is -0.494 e. The van der Waals surface area contributed by atoms with E-state index in [9.17, 15) is 4.79 Å². The SMILES string of the molecule is COc1cc(N)ccc1N(CCN1CCN(C)CC1)C(=O)OC(C)(C)C. The third-order valence-electron chi connectivity index (χ3n) is 4.34. The van der Waals surface area contributed by atoms with Crippen molar-refractivity contribution < 1.29 is 14.3 Å². The first-order chi connectivity index (χ1) is 12.2. The topological polar surface area (TPSA) is 71.3 Å². The Bertz CT molecular complexity index is 607. The molecule has 0 aromatic heterocycles. The summed E-state index contributed by atoms with van der Waals surface area (Å²) in [5.41, 5.74) is 6.55. The molecule has 146 valence electrons. The van der Waals surface area contributed by atoms with Crippen LogP contribution in [-0.4, -0.2) is 74.9 Å². The Morgan fingerprint density at radius 3 is 2.46 bits per heavy atom. The monoisotopic (exact) mass is 364 g/mol. The van der Waals surface area contributed by atoms with E-state index in [1.807, 2.05) is 26.8 Å². The molecule has 1 aromatic carbocycles. The van der Waals surface area contributed by atoms with E-state index in [1.54, 1.807) is 24.1 Å². The highest BCUT2D eigenvalue weighted by molar-refractivity contribution is 5.90. The Kier molecular flexibility index (Phi) is 6.72. The first-order valence-electron chi connectivity index (χ1n) is 9.04.